The average molecular weight is 406 g/mol. The molecular weight excluding hydrogens is 388 g/mol. The molecule has 0 aromatic carbocycles. The second kappa shape index (κ2) is 7.75. The van der Waals surface area contributed by atoms with Crippen molar-refractivity contribution in [3.8, 4) is 22.9 Å². The molecule has 0 radical (unpaired) electrons. The summed E-state index contributed by atoms with van der Waals surface area (Å²) in [4.78, 5) is 26.0. The van der Waals surface area contributed by atoms with Crippen LogP contribution in [0.15, 0.2) is 72.6 Å². The third kappa shape index (κ3) is 3.29. The first kappa shape index (κ1) is 18.6. The van der Waals surface area contributed by atoms with E-state index >= 15 is 0 Å². The summed E-state index contributed by atoms with van der Waals surface area (Å²) < 4.78 is 0. The average Bonchev–Trinajstić information content (AvgIpc) is 3.43. The number of allylic oxidation sites excluding steroid dienone is 2. The van der Waals surface area contributed by atoms with Gasteiger partial charge in [-0.15, -0.1) is 0 Å². The van der Waals surface area contributed by atoms with Crippen LogP contribution in [-0.2, 0) is 0 Å². The van der Waals surface area contributed by atoms with Crippen LogP contribution in [0.4, 0.5) is 0 Å². The van der Waals surface area contributed by atoms with Crippen molar-refractivity contribution in [1.82, 2.24) is 35.1 Å². The van der Waals surface area contributed by atoms with Crippen LogP contribution >= 0.6 is 0 Å². The lowest BCUT2D eigenvalue weighted by molar-refractivity contribution is 1.09. The fourth-order valence-corrected chi connectivity index (χ4v) is 3.41. The number of nitrogens with one attached hydrogen (secondary N) is 2. The quantitative estimate of drug-likeness (QED) is 0.416. The molecule has 0 unspecified atom stereocenters. The van der Waals surface area contributed by atoms with E-state index in [0.29, 0.717) is 11.5 Å². The van der Waals surface area contributed by atoms with Crippen molar-refractivity contribution in [2.24, 2.45) is 4.99 Å². The molecule has 5 heterocycles. The van der Waals surface area contributed by atoms with Gasteiger partial charge in [0.15, 0.2) is 11.5 Å². The van der Waals surface area contributed by atoms with Crippen LogP contribution in [0.25, 0.3) is 50.7 Å². The van der Waals surface area contributed by atoms with Gasteiger partial charge in [-0.05, 0) is 31.2 Å². The standard InChI is InChI=1S/C23H18N8/c1-3-9-24-16(4-2)14-12-15-19(30-31-22(15)27-13-14)23-28-18-8-11-26-20(21(18)29-23)17-7-5-6-10-25-17/h3-13H,1H2,2H3,(H,28,29)(H,27,30,31)/b16-4-,24-9?. The van der Waals surface area contributed by atoms with Gasteiger partial charge in [-0.25, -0.2) is 9.97 Å². The lowest BCUT2D eigenvalue weighted by Gasteiger charge is -2.01. The van der Waals surface area contributed by atoms with E-state index in [-0.39, 0.29) is 0 Å². The fourth-order valence-electron chi connectivity index (χ4n) is 3.41. The minimum absolute atomic E-state index is 0.602. The number of pyridine rings is 3. The van der Waals surface area contributed by atoms with Crippen LogP contribution in [0, 0.1) is 0 Å². The number of aromatic nitrogens is 7. The Kier molecular flexibility index (Phi) is 4.64. The first-order valence-electron chi connectivity index (χ1n) is 9.71. The molecule has 0 aliphatic carbocycles. The highest BCUT2D eigenvalue weighted by Gasteiger charge is 2.17. The van der Waals surface area contributed by atoms with E-state index in [1.807, 2.05) is 43.3 Å². The van der Waals surface area contributed by atoms with Gasteiger partial charge in [0.25, 0.3) is 0 Å². The Morgan fingerprint density at radius 3 is 2.87 bits per heavy atom. The number of nitrogens with zero attached hydrogens (tertiary/aromatic N) is 6. The van der Waals surface area contributed by atoms with Gasteiger partial charge in [0.2, 0.25) is 0 Å². The highest BCUT2D eigenvalue weighted by Crippen LogP contribution is 2.30. The van der Waals surface area contributed by atoms with E-state index in [1.54, 1.807) is 30.9 Å². The van der Waals surface area contributed by atoms with Crippen molar-refractivity contribution in [3.63, 3.8) is 0 Å². The molecule has 0 saturated carbocycles. The van der Waals surface area contributed by atoms with Gasteiger partial charge in [-0.3, -0.25) is 20.1 Å². The molecule has 5 aromatic rings. The molecule has 0 atom stereocenters. The molecule has 0 bridgehead atoms. The van der Waals surface area contributed by atoms with Crippen molar-refractivity contribution >= 4 is 34.0 Å². The Morgan fingerprint density at radius 2 is 2.06 bits per heavy atom. The molecule has 8 nitrogen and oxygen atoms in total. The van der Waals surface area contributed by atoms with E-state index in [2.05, 4.69) is 41.7 Å². The number of hydrogen-bond acceptors (Lipinski definition) is 6. The van der Waals surface area contributed by atoms with Crippen molar-refractivity contribution in [2.45, 2.75) is 6.92 Å². The molecule has 0 aliphatic rings. The lowest BCUT2D eigenvalue weighted by atomic mass is 10.1. The molecule has 2 N–H and O–H groups in total. The van der Waals surface area contributed by atoms with E-state index in [4.69, 9.17) is 4.98 Å². The zero-order chi connectivity index (χ0) is 21.2. The van der Waals surface area contributed by atoms with Gasteiger partial charge in [0.1, 0.15) is 16.9 Å². The smallest absolute Gasteiger partial charge is 0.181 e. The summed E-state index contributed by atoms with van der Waals surface area (Å²) in [6, 6.07) is 9.61. The summed E-state index contributed by atoms with van der Waals surface area (Å²) >= 11 is 0. The summed E-state index contributed by atoms with van der Waals surface area (Å²) in [5, 5.41) is 8.24. The normalized spacial score (nSPS) is 12.2. The third-order valence-electron chi connectivity index (χ3n) is 4.84. The largest absolute Gasteiger partial charge is 0.337 e. The molecule has 0 fully saturated rings. The van der Waals surface area contributed by atoms with Gasteiger partial charge >= 0.3 is 0 Å². The SMILES string of the molecule is C=CC=N/C(=C\C)c1cnc2n[nH]c(-c3nc4c(-c5ccccn5)nccc4[nH]3)c2c1. The van der Waals surface area contributed by atoms with Gasteiger partial charge in [0.05, 0.1) is 22.3 Å². The Bertz CT molecular complexity index is 1460. The van der Waals surface area contributed by atoms with E-state index in [1.165, 1.54) is 0 Å². The van der Waals surface area contributed by atoms with Crippen molar-refractivity contribution in [3.05, 3.63) is 73.2 Å². The van der Waals surface area contributed by atoms with Crippen molar-refractivity contribution < 1.29 is 0 Å². The summed E-state index contributed by atoms with van der Waals surface area (Å²) in [6.07, 6.45) is 10.5. The maximum absolute atomic E-state index is 4.81. The molecule has 0 aliphatic heterocycles. The predicted molar refractivity (Wildman–Crippen MR) is 122 cm³/mol. The molecular formula is C23H18N8. The number of aromatic amines is 2. The zero-order valence-electron chi connectivity index (χ0n) is 16.7. The Hall–Kier alpha value is -4.46. The Balaban J connectivity index is 1.65. The van der Waals surface area contributed by atoms with Gasteiger partial charge in [0, 0.05) is 30.4 Å². The third-order valence-corrected chi connectivity index (χ3v) is 4.84. The summed E-state index contributed by atoms with van der Waals surface area (Å²) in [5.74, 6) is 0.651. The van der Waals surface area contributed by atoms with Crippen LogP contribution in [0.3, 0.4) is 0 Å². The van der Waals surface area contributed by atoms with Crippen LogP contribution in [-0.4, -0.2) is 41.3 Å². The number of imidazole rings is 1. The van der Waals surface area contributed by atoms with Gasteiger partial charge in [-0.2, -0.15) is 5.10 Å². The summed E-state index contributed by atoms with van der Waals surface area (Å²) in [7, 11) is 0. The van der Waals surface area contributed by atoms with E-state index in [0.717, 1.165) is 44.8 Å². The number of H-pyrrole nitrogens is 2. The van der Waals surface area contributed by atoms with Crippen molar-refractivity contribution in [1.29, 1.82) is 0 Å². The number of rotatable bonds is 5. The summed E-state index contributed by atoms with van der Waals surface area (Å²) in [5.41, 5.74) is 6.12. The number of fused-ring (bicyclic) bond motifs is 2. The van der Waals surface area contributed by atoms with E-state index < -0.39 is 0 Å². The fraction of sp³-hybridized carbons (Fsp3) is 0.0435. The Morgan fingerprint density at radius 1 is 1.13 bits per heavy atom. The molecule has 0 spiro atoms. The summed E-state index contributed by atoms with van der Waals surface area (Å²) in [6.45, 7) is 5.61. The number of aliphatic imine (C=N–C) groups is 1. The number of hydrogen-bond donors (Lipinski definition) is 2. The first-order valence-corrected chi connectivity index (χ1v) is 9.71. The van der Waals surface area contributed by atoms with Crippen LogP contribution in [0.1, 0.15) is 12.5 Å². The minimum Gasteiger partial charge on any atom is -0.337 e. The van der Waals surface area contributed by atoms with Crippen LogP contribution in [0.5, 0.6) is 0 Å². The van der Waals surface area contributed by atoms with Gasteiger partial charge in [-0.1, -0.05) is 24.8 Å². The van der Waals surface area contributed by atoms with Gasteiger partial charge < -0.3 is 4.98 Å². The molecule has 0 amide bonds. The van der Waals surface area contributed by atoms with Crippen LogP contribution in [0.2, 0.25) is 0 Å². The zero-order valence-corrected chi connectivity index (χ0v) is 16.7. The first-order chi connectivity index (χ1) is 15.3. The lowest BCUT2D eigenvalue weighted by Crippen LogP contribution is -1.88. The second-order valence-corrected chi connectivity index (χ2v) is 6.74. The van der Waals surface area contributed by atoms with E-state index in [9.17, 15) is 0 Å². The topological polar surface area (TPSA) is 108 Å². The van der Waals surface area contributed by atoms with Crippen molar-refractivity contribution in [2.75, 3.05) is 0 Å². The van der Waals surface area contributed by atoms with Crippen LogP contribution < -0.4 is 0 Å². The highest BCUT2D eigenvalue weighted by atomic mass is 15.2. The maximum atomic E-state index is 4.81. The minimum atomic E-state index is 0.602. The molecule has 150 valence electrons. The second-order valence-electron chi connectivity index (χ2n) is 6.74. The monoisotopic (exact) mass is 406 g/mol. The molecule has 8 heteroatoms. The highest BCUT2D eigenvalue weighted by molar-refractivity contribution is 5.95. The molecule has 31 heavy (non-hydrogen) atoms. The Labute approximate surface area is 177 Å². The molecule has 5 aromatic heterocycles. The molecule has 5 rings (SSSR count). The maximum Gasteiger partial charge on any atom is 0.181 e. The molecule has 0 saturated heterocycles. The predicted octanol–water partition coefficient (Wildman–Crippen LogP) is 4.58.